The van der Waals surface area contributed by atoms with E-state index in [9.17, 15) is 5.11 Å². The van der Waals surface area contributed by atoms with Crippen LogP contribution < -0.4 is 4.74 Å². The van der Waals surface area contributed by atoms with E-state index in [0.717, 1.165) is 29.1 Å². The zero-order valence-corrected chi connectivity index (χ0v) is 17.0. The van der Waals surface area contributed by atoms with Crippen molar-refractivity contribution in [2.24, 2.45) is 7.05 Å². The first-order valence-corrected chi connectivity index (χ1v) is 9.80. The van der Waals surface area contributed by atoms with Crippen LogP contribution in [0.1, 0.15) is 22.9 Å². The average molecular weight is 414 g/mol. The molecule has 0 aliphatic carbocycles. The fraction of sp³-hybridized carbons (Fsp3) is 0.238. The monoisotopic (exact) mass is 413 g/mol. The first-order valence-electron chi connectivity index (χ1n) is 9.02. The van der Waals surface area contributed by atoms with Gasteiger partial charge in [-0.3, -0.25) is 4.68 Å². The van der Waals surface area contributed by atoms with Crippen LogP contribution in [-0.4, -0.2) is 37.9 Å². The summed E-state index contributed by atoms with van der Waals surface area (Å²) < 4.78 is 7.95. The van der Waals surface area contributed by atoms with E-state index < -0.39 is 0 Å². The number of benzene rings is 2. The number of nitrogens with zero attached hydrogens (tertiary/aromatic N) is 3. The molecule has 1 aromatic heterocycles. The molecule has 1 aliphatic rings. The van der Waals surface area contributed by atoms with Gasteiger partial charge in [0.1, 0.15) is 23.1 Å². The first kappa shape index (κ1) is 18.8. The average Bonchev–Trinajstić information content (AvgIpc) is 3.08. The van der Waals surface area contributed by atoms with E-state index in [4.69, 9.17) is 28.6 Å². The maximum absolute atomic E-state index is 9.47. The Morgan fingerprint density at radius 2 is 2.07 bits per heavy atom. The van der Waals surface area contributed by atoms with E-state index >= 15 is 0 Å². The predicted octanol–water partition coefficient (Wildman–Crippen LogP) is 4.13. The lowest BCUT2D eigenvalue weighted by Crippen LogP contribution is -2.42. The first-order chi connectivity index (χ1) is 13.5. The van der Waals surface area contributed by atoms with Crippen LogP contribution in [0, 0.1) is 0 Å². The Labute approximate surface area is 174 Å². The Balaban J connectivity index is 1.62. The summed E-state index contributed by atoms with van der Waals surface area (Å²) in [6, 6.07) is 14.3. The van der Waals surface area contributed by atoms with Crippen LogP contribution in [0.4, 0.5) is 0 Å². The molecule has 0 radical (unpaired) electrons. The number of hydrogen-bond acceptors (Lipinski definition) is 4. The normalized spacial score (nSPS) is 15.9. The van der Waals surface area contributed by atoms with Gasteiger partial charge in [0, 0.05) is 41.9 Å². The number of aromatic hydroxyl groups is 1. The number of phenols is 1. The third-order valence-electron chi connectivity index (χ3n) is 5.00. The Morgan fingerprint density at radius 1 is 1.29 bits per heavy atom. The molecule has 2 heterocycles. The van der Waals surface area contributed by atoms with Crippen molar-refractivity contribution in [3.8, 4) is 11.5 Å². The maximum Gasteiger partial charge on any atom is 0.119 e. The van der Waals surface area contributed by atoms with Crippen molar-refractivity contribution in [3.05, 3.63) is 76.6 Å². The summed E-state index contributed by atoms with van der Waals surface area (Å²) in [6.07, 6.45) is 2.76. The van der Waals surface area contributed by atoms with Gasteiger partial charge in [0.2, 0.25) is 0 Å². The molecule has 0 saturated heterocycles. The third kappa shape index (κ3) is 3.70. The molecule has 0 spiro atoms. The van der Waals surface area contributed by atoms with Gasteiger partial charge in [0.25, 0.3) is 0 Å². The number of halogens is 1. The van der Waals surface area contributed by atoms with Crippen LogP contribution in [0.2, 0.25) is 5.02 Å². The molecule has 0 saturated carbocycles. The van der Waals surface area contributed by atoms with E-state index in [1.807, 2.05) is 42.2 Å². The second-order valence-electron chi connectivity index (χ2n) is 6.75. The Morgan fingerprint density at radius 3 is 2.82 bits per heavy atom. The van der Waals surface area contributed by atoms with E-state index in [2.05, 4.69) is 10.00 Å². The predicted molar refractivity (Wildman–Crippen MR) is 113 cm³/mol. The summed E-state index contributed by atoms with van der Waals surface area (Å²) in [5, 5.41) is 14.6. The summed E-state index contributed by atoms with van der Waals surface area (Å²) >= 11 is 12.0. The number of thiocarbonyl (C=S) groups is 1. The minimum Gasteiger partial charge on any atom is -0.508 e. The molecule has 144 valence electrons. The van der Waals surface area contributed by atoms with Crippen LogP contribution in [0.15, 0.2) is 54.7 Å². The number of phenolic OH excluding ortho intramolecular Hbond substituents is 1. The van der Waals surface area contributed by atoms with Crippen molar-refractivity contribution >= 4 is 28.8 Å². The lowest BCUT2D eigenvalue weighted by molar-refractivity contribution is 0.190. The molecule has 0 bridgehead atoms. The van der Waals surface area contributed by atoms with Gasteiger partial charge in [-0.25, -0.2) is 0 Å². The fourth-order valence-corrected chi connectivity index (χ4v) is 4.08. The molecule has 1 unspecified atom stereocenters. The summed E-state index contributed by atoms with van der Waals surface area (Å²) in [7, 11) is 1.96. The zero-order valence-electron chi connectivity index (χ0n) is 15.4. The molecule has 28 heavy (non-hydrogen) atoms. The van der Waals surface area contributed by atoms with Crippen molar-refractivity contribution in [3.63, 3.8) is 0 Å². The SMILES string of the molecule is Cn1ncc2c1CCN(C(=S)c1cccc(Cl)c1)C2COc1ccc(O)cc1. The Kier molecular flexibility index (Phi) is 5.24. The third-order valence-corrected chi connectivity index (χ3v) is 5.70. The number of rotatable bonds is 4. The van der Waals surface area contributed by atoms with Crippen molar-refractivity contribution in [2.75, 3.05) is 13.2 Å². The van der Waals surface area contributed by atoms with Gasteiger partial charge >= 0.3 is 0 Å². The summed E-state index contributed by atoms with van der Waals surface area (Å²) in [5.41, 5.74) is 3.24. The molecule has 1 aliphatic heterocycles. The van der Waals surface area contributed by atoms with Crippen LogP contribution >= 0.6 is 23.8 Å². The minimum absolute atomic E-state index is 0.0577. The number of hydrogen-bond donors (Lipinski definition) is 1. The van der Waals surface area contributed by atoms with E-state index in [-0.39, 0.29) is 11.8 Å². The van der Waals surface area contributed by atoms with Gasteiger partial charge in [-0.05, 0) is 36.4 Å². The zero-order chi connectivity index (χ0) is 19.7. The number of aromatic nitrogens is 2. The van der Waals surface area contributed by atoms with Gasteiger partial charge in [-0.2, -0.15) is 5.10 Å². The second kappa shape index (κ2) is 7.81. The van der Waals surface area contributed by atoms with Crippen LogP contribution in [0.25, 0.3) is 0 Å². The lowest BCUT2D eigenvalue weighted by Gasteiger charge is -2.37. The molecule has 4 rings (SSSR count). The topological polar surface area (TPSA) is 50.5 Å². The molecule has 3 aromatic rings. The highest BCUT2D eigenvalue weighted by molar-refractivity contribution is 7.80. The molecule has 1 N–H and O–H groups in total. The highest BCUT2D eigenvalue weighted by atomic mass is 35.5. The standard InChI is InChI=1S/C21H20ClN3O2S/c1-24-19-9-10-25(21(28)14-3-2-4-15(22)11-14)20(18(19)12-23-24)13-27-17-7-5-16(26)6-8-17/h2-8,11-12,20,26H,9-10,13H2,1H3. The van der Waals surface area contributed by atoms with Gasteiger partial charge in [-0.15, -0.1) is 0 Å². The van der Waals surface area contributed by atoms with E-state index in [1.54, 1.807) is 24.3 Å². The highest BCUT2D eigenvalue weighted by Crippen LogP contribution is 2.32. The Bertz CT molecular complexity index is 1000. The molecular formula is C21H20ClN3O2S. The minimum atomic E-state index is -0.0577. The molecule has 0 fully saturated rings. The number of fused-ring (bicyclic) bond motifs is 1. The fourth-order valence-electron chi connectivity index (χ4n) is 3.54. The largest absolute Gasteiger partial charge is 0.508 e. The van der Waals surface area contributed by atoms with Crippen molar-refractivity contribution in [2.45, 2.75) is 12.5 Å². The molecule has 1 atom stereocenters. The van der Waals surface area contributed by atoms with E-state index in [0.29, 0.717) is 17.4 Å². The Hall–Kier alpha value is -2.57. The van der Waals surface area contributed by atoms with Crippen molar-refractivity contribution < 1.29 is 9.84 Å². The molecule has 2 aromatic carbocycles. The molecule has 5 nitrogen and oxygen atoms in total. The highest BCUT2D eigenvalue weighted by Gasteiger charge is 2.32. The number of aryl methyl sites for hydroxylation is 1. The number of ether oxygens (including phenoxy) is 1. The maximum atomic E-state index is 9.47. The van der Waals surface area contributed by atoms with Crippen LogP contribution in [0.3, 0.4) is 0 Å². The van der Waals surface area contributed by atoms with Crippen LogP contribution in [-0.2, 0) is 13.5 Å². The lowest BCUT2D eigenvalue weighted by atomic mass is 9.98. The molecule has 7 heteroatoms. The second-order valence-corrected chi connectivity index (χ2v) is 7.57. The van der Waals surface area contributed by atoms with Gasteiger partial charge in [-0.1, -0.05) is 36.0 Å². The van der Waals surface area contributed by atoms with Crippen molar-refractivity contribution in [1.82, 2.24) is 14.7 Å². The molecular weight excluding hydrogens is 394 g/mol. The van der Waals surface area contributed by atoms with Gasteiger partial charge < -0.3 is 14.7 Å². The smallest absolute Gasteiger partial charge is 0.119 e. The summed E-state index contributed by atoms with van der Waals surface area (Å²) in [6.45, 7) is 1.20. The van der Waals surface area contributed by atoms with Gasteiger partial charge in [0.05, 0.1) is 12.2 Å². The summed E-state index contributed by atoms with van der Waals surface area (Å²) in [5.74, 6) is 0.908. The van der Waals surface area contributed by atoms with E-state index in [1.165, 1.54) is 5.69 Å². The van der Waals surface area contributed by atoms with Crippen LogP contribution in [0.5, 0.6) is 11.5 Å². The van der Waals surface area contributed by atoms with Crippen molar-refractivity contribution in [1.29, 1.82) is 0 Å². The van der Waals surface area contributed by atoms with Gasteiger partial charge in [0.15, 0.2) is 0 Å². The quantitative estimate of drug-likeness (QED) is 0.651. The molecule has 0 amide bonds. The summed E-state index contributed by atoms with van der Waals surface area (Å²) in [4.78, 5) is 2.93.